The summed E-state index contributed by atoms with van der Waals surface area (Å²) in [6, 6.07) is 6.74. The first-order chi connectivity index (χ1) is 12.9. The smallest absolute Gasteiger partial charge is 0.415 e. The number of anilines is 3. The van der Waals surface area contributed by atoms with Crippen molar-refractivity contribution in [1.29, 1.82) is 0 Å². The summed E-state index contributed by atoms with van der Waals surface area (Å²) in [4.78, 5) is 31.4. The van der Waals surface area contributed by atoms with Gasteiger partial charge in [-0.15, -0.1) is 0 Å². The molecule has 2 rings (SSSR count). The molecule has 1 heterocycles. The van der Waals surface area contributed by atoms with Crippen LogP contribution >= 0.6 is 0 Å². The minimum Gasteiger partial charge on any atom is -0.497 e. The predicted molar refractivity (Wildman–Crippen MR) is 94.7 cm³/mol. The lowest BCUT2D eigenvalue weighted by Gasteiger charge is -2.21. The fourth-order valence-electron chi connectivity index (χ4n) is 2.25. The monoisotopic (exact) mass is 378 g/mol. The lowest BCUT2D eigenvalue weighted by molar-refractivity contribution is -0.383. The lowest BCUT2D eigenvalue weighted by atomic mass is 10.2. The van der Waals surface area contributed by atoms with Crippen LogP contribution in [0.1, 0.15) is 12.5 Å². The first kappa shape index (κ1) is 19.7. The Morgan fingerprint density at radius 2 is 2.19 bits per heavy atom. The number of nitrogen functional groups attached to an aromatic ring is 1. The average Bonchev–Trinajstić information content (AvgIpc) is 2.65. The number of carbonyl (C=O) groups is 1. The molecule has 0 saturated carbocycles. The van der Waals surface area contributed by atoms with Crippen LogP contribution in [-0.4, -0.2) is 39.9 Å². The van der Waals surface area contributed by atoms with Crippen molar-refractivity contribution in [1.82, 2.24) is 9.97 Å². The number of amides is 1. The van der Waals surface area contributed by atoms with Crippen molar-refractivity contribution in [2.24, 2.45) is 0 Å². The van der Waals surface area contributed by atoms with Crippen LogP contribution in [-0.2, 0) is 11.3 Å². The second-order valence-electron chi connectivity index (χ2n) is 5.11. The summed E-state index contributed by atoms with van der Waals surface area (Å²) in [6.45, 7) is 1.50. The fourth-order valence-corrected chi connectivity index (χ4v) is 2.25. The number of nitro groups is 1. The molecule has 0 radical (unpaired) electrons. The average molecular weight is 378 g/mol. The Kier molecular flexibility index (Phi) is 6.27. The molecule has 4 N–H and O–H groups in total. The third-order valence-corrected chi connectivity index (χ3v) is 3.39. The van der Waals surface area contributed by atoms with Crippen molar-refractivity contribution >= 4 is 29.4 Å². The second kappa shape index (κ2) is 8.62. The van der Waals surface area contributed by atoms with E-state index in [0.29, 0.717) is 11.3 Å². The van der Waals surface area contributed by atoms with Gasteiger partial charge >= 0.3 is 11.8 Å². The van der Waals surface area contributed by atoms with Gasteiger partial charge in [0.05, 0.1) is 25.2 Å². The summed E-state index contributed by atoms with van der Waals surface area (Å²) in [5, 5.41) is 20.5. The molecular formula is C15H18N6O6. The van der Waals surface area contributed by atoms with Crippen LogP contribution in [0.4, 0.5) is 28.1 Å². The highest BCUT2D eigenvalue weighted by atomic mass is 16.6. The Labute approximate surface area is 153 Å². The molecule has 0 aliphatic carbocycles. The van der Waals surface area contributed by atoms with E-state index in [-0.39, 0.29) is 13.2 Å². The first-order valence-corrected chi connectivity index (χ1v) is 7.70. The van der Waals surface area contributed by atoms with Gasteiger partial charge in [-0.1, -0.05) is 12.1 Å². The van der Waals surface area contributed by atoms with E-state index >= 15 is 0 Å². The molecule has 0 atom stereocenters. The number of aromatic nitrogens is 2. The van der Waals surface area contributed by atoms with Crippen molar-refractivity contribution in [2.75, 3.05) is 29.8 Å². The normalized spacial score (nSPS) is 10.2. The predicted octanol–water partition coefficient (Wildman–Crippen LogP) is 1.94. The van der Waals surface area contributed by atoms with E-state index in [1.807, 2.05) is 0 Å². The summed E-state index contributed by atoms with van der Waals surface area (Å²) in [6.07, 6.45) is -0.884. The SMILES string of the molecule is CCOC(=O)N(Cc1cccc(OC)c1)c1nc(NO)nc(N)c1[N+](=O)[O-]. The van der Waals surface area contributed by atoms with Gasteiger partial charge in [0.25, 0.3) is 5.95 Å². The molecular weight excluding hydrogens is 360 g/mol. The molecule has 0 unspecified atom stereocenters. The van der Waals surface area contributed by atoms with Crippen molar-refractivity contribution in [3.8, 4) is 5.75 Å². The summed E-state index contributed by atoms with van der Waals surface area (Å²) in [5.74, 6) is -0.828. The number of methoxy groups -OCH3 is 1. The Bertz CT molecular complexity index is 846. The number of nitrogens with one attached hydrogen (secondary N) is 1. The maximum Gasteiger partial charge on any atom is 0.415 e. The number of hydrogen-bond donors (Lipinski definition) is 3. The fraction of sp³-hybridized carbons (Fsp3) is 0.267. The maximum atomic E-state index is 12.5. The quantitative estimate of drug-likeness (QED) is 0.478. The highest BCUT2D eigenvalue weighted by molar-refractivity contribution is 5.91. The molecule has 0 spiro atoms. The van der Waals surface area contributed by atoms with Crippen molar-refractivity contribution in [3.63, 3.8) is 0 Å². The number of hydrogen-bond acceptors (Lipinski definition) is 10. The van der Waals surface area contributed by atoms with E-state index in [9.17, 15) is 14.9 Å². The van der Waals surface area contributed by atoms with Gasteiger partial charge in [0, 0.05) is 0 Å². The van der Waals surface area contributed by atoms with Crippen LogP contribution < -0.4 is 20.9 Å². The molecule has 0 aliphatic heterocycles. The van der Waals surface area contributed by atoms with Crippen LogP contribution in [0.15, 0.2) is 24.3 Å². The minimum absolute atomic E-state index is 0.0346. The molecule has 0 aliphatic rings. The summed E-state index contributed by atoms with van der Waals surface area (Å²) in [5.41, 5.74) is 7.17. The Hall–Kier alpha value is -3.67. The zero-order valence-electron chi connectivity index (χ0n) is 14.6. The van der Waals surface area contributed by atoms with Crippen LogP contribution in [0.5, 0.6) is 5.75 Å². The highest BCUT2D eigenvalue weighted by Crippen LogP contribution is 2.33. The molecule has 1 aromatic carbocycles. The highest BCUT2D eigenvalue weighted by Gasteiger charge is 2.32. The molecule has 144 valence electrons. The number of nitrogens with zero attached hydrogens (tertiary/aromatic N) is 4. The van der Waals surface area contributed by atoms with Crippen molar-refractivity contribution in [2.45, 2.75) is 13.5 Å². The van der Waals surface area contributed by atoms with E-state index in [0.717, 1.165) is 4.90 Å². The molecule has 12 heteroatoms. The number of nitrogens with two attached hydrogens (primary N) is 1. The Morgan fingerprint density at radius 3 is 2.78 bits per heavy atom. The molecule has 12 nitrogen and oxygen atoms in total. The van der Waals surface area contributed by atoms with Gasteiger partial charge in [0.15, 0.2) is 0 Å². The zero-order valence-corrected chi connectivity index (χ0v) is 14.6. The number of ether oxygens (including phenoxy) is 2. The van der Waals surface area contributed by atoms with Gasteiger partial charge in [0.1, 0.15) is 5.75 Å². The van der Waals surface area contributed by atoms with Gasteiger partial charge in [-0.05, 0) is 24.6 Å². The van der Waals surface area contributed by atoms with Crippen molar-refractivity contribution in [3.05, 3.63) is 39.9 Å². The van der Waals surface area contributed by atoms with Gasteiger partial charge in [-0.2, -0.15) is 9.97 Å². The molecule has 0 saturated heterocycles. The van der Waals surface area contributed by atoms with Gasteiger partial charge in [-0.3, -0.25) is 20.2 Å². The largest absolute Gasteiger partial charge is 0.497 e. The number of rotatable bonds is 7. The number of benzene rings is 1. The standard InChI is InChI=1S/C15H18N6O6/c1-3-27-15(22)20(8-9-5-4-6-10(7-9)26-2)13-11(21(24)25)12(16)17-14(18-13)19-23/h4-7,23H,3,8H2,1-2H3,(H3,16,17,18,19). The summed E-state index contributed by atoms with van der Waals surface area (Å²) < 4.78 is 10.1. The van der Waals surface area contributed by atoms with Crippen LogP contribution in [0.25, 0.3) is 0 Å². The Balaban J connectivity index is 2.58. The van der Waals surface area contributed by atoms with Crippen LogP contribution in [0, 0.1) is 10.1 Å². The van der Waals surface area contributed by atoms with E-state index in [2.05, 4.69) is 9.97 Å². The second-order valence-corrected chi connectivity index (χ2v) is 5.11. The van der Waals surface area contributed by atoms with Crippen LogP contribution in [0.2, 0.25) is 0 Å². The van der Waals surface area contributed by atoms with E-state index < -0.39 is 34.3 Å². The molecule has 27 heavy (non-hydrogen) atoms. The minimum atomic E-state index is -0.884. The van der Waals surface area contributed by atoms with Gasteiger partial charge < -0.3 is 15.2 Å². The zero-order chi connectivity index (χ0) is 20.0. The first-order valence-electron chi connectivity index (χ1n) is 7.70. The lowest BCUT2D eigenvalue weighted by Crippen LogP contribution is -2.33. The molecule has 1 amide bonds. The Morgan fingerprint density at radius 1 is 1.44 bits per heavy atom. The van der Waals surface area contributed by atoms with Crippen LogP contribution in [0.3, 0.4) is 0 Å². The van der Waals surface area contributed by atoms with E-state index in [4.69, 9.17) is 20.4 Å². The molecule has 0 fully saturated rings. The number of carbonyl (C=O) groups excluding carboxylic acids is 1. The summed E-state index contributed by atoms with van der Waals surface area (Å²) >= 11 is 0. The van der Waals surface area contributed by atoms with E-state index in [1.165, 1.54) is 7.11 Å². The molecule has 0 bridgehead atoms. The molecule has 1 aromatic heterocycles. The van der Waals surface area contributed by atoms with Gasteiger partial charge in [0.2, 0.25) is 11.6 Å². The molecule has 2 aromatic rings. The third-order valence-electron chi connectivity index (χ3n) is 3.39. The summed E-state index contributed by atoms with van der Waals surface area (Å²) in [7, 11) is 1.48. The van der Waals surface area contributed by atoms with Gasteiger partial charge in [-0.25, -0.2) is 10.3 Å². The third kappa shape index (κ3) is 4.49. The van der Waals surface area contributed by atoms with Crippen molar-refractivity contribution < 1.29 is 24.4 Å². The maximum absolute atomic E-state index is 12.5. The topological polar surface area (TPSA) is 166 Å². The van der Waals surface area contributed by atoms with E-state index in [1.54, 1.807) is 36.7 Å².